The summed E-state index contributed by atoms with van der Waals surface area (Å²) in [5.41, 5.74) is 2.01. The molecule has 8 heteroatoms. The van der Waals surface area contributed by atoms with Crippen LogP contribution in [-0.4, -0.2) is 41.4 Å². The molecule has 0 saturated carbocycles. The highest BCUT2D eigenvalue weighted by molar-refractivity contribution is 6.32. The molecule has 0 heterocycles. The van der Waals surface area contributed by atoms with Crippen molar-refractivity contribution in [2.45, 2.75) is 12.2 Å². The lowest BCUT2D eigenvalue weighted by Crippen LogP contribution is -2.43. The van der Waals surface area contributed by atoms with Gasteiger partial charge in [-0.3, -0.25) is 0 Å². The van der Waals surface area contributed by atoms with E-state index in [0.717, 1.165) is 0 Å². The van der Waals surface area contributed by atoms with Gasteiger partial charge in [-0.05, 0) is 12.1 Å². The average molecular weight is 290 g/mol. The zero-order chi connectivity index (χ0) is 14.4. The molecule has 0 aliphatic carbocycles. The molecule has 0 spiro atoms. The number of hydroxylamine groups is 1. The third-order valence-corrected chi connectivity index (χ3v) is 2.34. The Bertz CT molecular complexity index is 466. The molecule has 2 atom stereocenters. The molecule has 0 fully saturated rings. The van der Waals surface area contributed by atoms with Crippen LogP contribution in [0.4, 0.5) is 0 Å². The number of carbonyl (C=O) groups is 2. The third kappa shape index (κ3) is 4.18. The van der Waals surface area contributed by atoms with E-state index in [1.807, 2.05) is 5.48 Å². The van der Waals surface area contributed by atoms with E-state index < -0.39 is 24.1 Å². The number of aliphatic hydroxyl groups excluding tert-OH is 2. The predicted octanol–water partition coefficient (Wildman–Crippen LogP) is -0.355. The van der Waals surface area contributed by atoms with Crippen LogP contribution in [0.5, 0.6) is 5.75 Å². The lowest BCUT2D eigenvalue weighted by atomic mass is 10.2. The number of halogens is 1. The number of carbonyl (C=O) groups excluding carboxylic acids is 2. The largest absolute Gasteiger partial charge is 0.423 e. The fourth-order valence-electron chi connectivity index (χ4n) is 1.12. The summed E-state index contributed by atoms with van der Waals surface area (Å²) >= 11 is 5.74. The van der Waals surface area contributed by atoms with Gasteiger partial charge in [-0.25, -0.2) is 9.59 Å². The molecule has 1 rings (SSSR count). The minimum Gasteiger partial charge on any atom is -0.423 e. The summed E-state index contributed by atoms with van der Waals surface area (Å²) in [5.74, 6) is -2.44. The molecular formula is C11H12ClNO6. The Labute approximate surface area is 113 Å². The summed E-state index contributed by atoms with van der Waals surface area (Å²) in [5, 5.41) is 18.9. The molecule has 0 aliphatic heterocycles. The maximum Gasteiger partial charge on any atom is 0.356 e. The molecular weight excluding hydrogens is 278 g/mol. The van der Waals surface area contributed by atoms with Crippen LogP contribution in [-0.2, 0) is 14.4 Å². The summed E-state index contributed by atoms with van der Waals surface area (Å²) < 4.78 is 4.75. The van der Waals surface area contributed by atoms with Crippen molar-refractivity contribution in [1.82, 2.24) is 5.48 Å². The number of hydrogen-bond acceptors (Lipinski definition) is 7. The van der Waals surface area contributed by atoms with E-state index in [4.69, 9.17) is 16.3 Å². The number of aliphatic hydroxyl groups is 2. The minimum absolute atomic E-state index is 0.00222. The zero-order valence-electron chi connectivity index (χ0n) is 9.87. The second kappa shape index (κ2) is 7.05. The van der Waals surface area contributed by atoms with E-state index in [9.17, 15) is 19.8 Å². The summed E-state index contributed by atoms with van der Waals surface area (Å²) in [6, 6.07) is 6.05. The van der Waals surface area contributed by atoms with Crippen LogP contribution in [0.15, 0.2) is 24.3 Å². The normalized spacial score (nSPS) is 13.5. The molecule has 0 bridgehead atoms. The van der Waals surface area contributed by atoms with Crippen LogP contribution in [0.2, 0.25) is 5.02 Å². The molecule has 0 radical (unpaired) electrons. The summed E-state index contributed by atoms with van der Waals surface area (Å²) in [6.45, 7) is 0. The monoisotopic (exact) mass is 289 g/mol. The molecule has 3 N–H and O–H groups in total. The Kier molecular flexibility index (Phi) is 5.71. The molecule has 19 heavy (non-hydrogen) atoms. The molecule has 104 valence electrons. The van der Waals surface area contributed by atoms with Crippen molar-refractivity contribution in [2.75, 3.05) is 7.05 Å². The smallest absolute Gasteiger partial charge is 0.356 e. The van der Waals surface area contributed by atoms with Crippen molar-refractivity contribution < 1.29 is 29.4 Å². The molecule has 0 amide bonds. The van der Waals surface area contributed by atoms with E-state index >= 15 is 0 Å². The number of benzene rings is 1. The van der Waals surface area contributed by atoms with Crippen LogP contribution >= 0.6 is 11.6 Å². The summed E-state index contributed by atoms with van der Waals surface area (Å²) in [7, 11) is 1.28. The molecule has 0 aromatic heterocycles. The highest BCUT2D eigenvalue weighted by atomic mass is 35.5. The van der Waals surface area contributed by atoms with Gasteiger partial charge in [-0.2, -0.15) is 5.48 Å². The number of rotatable bonds is 5. The fourth-order valence-corrected chi connectivity index (χ4v) is 1.29. The van der Waals surface area contributed by atoms with Crippen molar-refractivity contribution in [3.8, 4) is 5.75 Å². The Morgan fingerprint density at radius 1 is 1.21 bits per heavy atom. The van der Waals surface area contributed by atoms with Crippen LogP contribution in [0.3, 0.4) is 0 Å². The molecule has 1 aromatic rings. The van der Waals surface area contributed by atoms with Gasteiger partial charge in [0.2, 0.25) is 0 Å². The maximum absolute atomic E-state index is 11.5. The van der Waals surface area contributed by atoms with Crippen LogP contribution in [0, 0.1) is 0 Å². The van der Waals surface area contributed by atoms with Gasteiger partial charge in [0.05, 0.1) is 5.02 Å². The Balaban J connectivity index is 2.68. The second-order valence-electron chi connectivity index (χ2n) is 3.37. The number of esters is 1. The first-order valence-corrected chi connectivity index (χ1v) is 5.55. The highest BCUT2D eigenvalue weighted by Crippen LogP contribution is 2.23. The van der Waals surface area contributed by atoms with Gasteiger partial charge in [0.25, 0.3) is 0 Å². The van der Waals surface area contributed by atoms with Gasteiger partial charge in [-0.1, -0.05) is 23.7 Å². The molecule has 1 aromatic carbocycles. The predicted molar refractivity (Wildman–Crippen MR) is 64.3 cm³/mol. The molecule has 0 aliphatic rings. The van der Waals surface area contributed by atoms with Gasteiger partial charge in [0, 0.05) is 7.05 Å². The number of nitrogens with one attached hydrogen (secondary N) is 1. The highest BCUT2D eigenvalue weighted by Gasteiger charge is 2.33. The van der Waals surface area contributed by atoms with Crippen molar-refractivity contribution in [3.63, 3.8) is 0 Å². The van der Waals surface area contributed by atoms with Crippen LogP contribution in [0.1, 0.15) is 0 Å². The molecule has 7 nitrogen and oxygen atoms in total. The van der Waals surface area contributed by atoms with Gasteiger partial charge in [0.15, 0.2) is 12.2 Å². The zero-order valence-corrected chi connectivity index (χ0v) is 10.6. The Hall–Kier alpha value is -1.67. The lowest BCUT2D eigenvalue weighted by molar-refractivity contribution is -0.173. The Morgan fingerprint density at radius 3 is 2.37 bits per heavy atom. The number of ether oxygens (including phenoxy) is 1. The lowest BCUT2D eigenvalue weighted by Gasteiger charge is -2.15. The quantitative estimate of drug-likeness (QED) is 0.386. The average Bonchev–Trinajstić information content (AvgIpc) is 2.39. The molecule has 0 saturated heterocycles. The first kappa shape index (κ1) is 15.4. The van der Waals surface area contributed by atoms with E-state index in [0.29, 0.717) is 0 Å². The first-order valence-electron chi connectivity index (χ1n) is 5.17. The first-order chi connectivity index (χ1) is 8.97. The molecule has 2 unspecified atom stereocenters. The summed E-state index contributed by atoms with van der Waals surface area (Å²) in [4.78, 5) is 26.8. The van der Waals surface area contributed by atoms with Crippen molar-refractivity contribution >= 4 is 23.5 Å². The summed E-state index contributed by atoms with van der Waals surface area (Å²) in [6.07, 6.45) is -4.15. The van der Waals surface area contributed by atoms with E-state index in [2.05, 4.69) is 4.84 Å². The van der Waals surface area contributed by atoms with E-state index in [1.165, 1.54) is 19.2 Å². The topological polar surface area (TPSA) is 105 Å². The van der Waals surface area contributed by atoms with Gasteiger partial charge in [0.1, 0.15) is 5.75 Å². The third-order valence-electron chi connectivity index (χ3n) is 2.03. The second-order valence-corrected chi connectivity index (χ2v) is 3.77. The van der Waals surface area contributed by atoms with Gasteiger partial charge < -0.3 is 19.8 Å². The van der Waals surface area contributed by atoms with Crippen LogP contribution in [0.25, 0.3) is 0 Å². The van der Waals surface area contributed by atoms with E-state index in [-0.39, 0.29) is 10.8 Å². The maximum atomic E-state index is 11.5. The SMILES string of the molecule is CNOC(=O)C(O)C(O)C(=O)Oc1ccccc1Cl. The van der Waals surface area contributed by atoms with Gasteiger partial charge in [-0.15, -0.1) is 0 Å². The Morgan fingerprint density at radius 2 is 1.79 bits per heavy atom. The minimum atomic E-state index is -2.09. The number of hydrogen-bond donors (Lipinski definition) is 3. The standard InChI is InChI=1S/C11H12ClNO6/c1-13-19-11(17)9(15)8(14)10(16)18-7-5-3-2-4-6(7)12/h2-5,8-9,13-15H,1H3. The van der Waals surface area contributed by atoms with Gasteiger partial charge >= 0.3 is 11.9 Å². The van der Waals surface area contributed by atoms with Crippen molar-refractivity contribution in [3.05, 3.63) is 29.3 Å². The van der Waals surface area contributed by atoms with E-state index in [1.54, 1.807) is 12.1 Å². The fraction of sp³-hybridized carbons (Fsp3) is 0.273. The van der Waals surface area contributed by atoms with Crippen molar-refractivity contribution in [1.29, 1.82) is 0 Å². The van der Waals surface area contributed by atoms with Crippen LogP contribution < -0.4 is 10.2 Å². The number of para-hydroxylation sites is 1. The van der Waals surface area contributed by atoms with Crippen molar-refractivity contribution in [2.24, 2.45) is 0 Å².